The molecular weight excluding hydrogens is 406 g/mol. The van der Waals surface area contributed by atoms with E-state index >= 15 is 0 Å². The lowest BCUT2D eigenvalue weighted by Gasteiger charge is -2.34. The number of fused-ring (bicyclic) bond motifs is 1. The Bertz CT molecular complexity index is 1240. The molecule has 2 aliphatic heterocycles. The van der Waals surface area contributed by atoms with Crippen LogP contribution in [0.3, 0.4) is 0 Å². The Labute approximate surface area is 184 Å². The lowest BCUT2D eigenvalue weighted by atomic mass is 10.0. The molecule has 2 aliphatic rings. The number of esters is 1. The molecule has 0 radical (unpaired) electrons. The number of benzene rings is 2. The largest absolute Gasteiger partial charge is 0.402 e. The number of nitrogens with zero attached hydrogens (tertiary/aromatic N) is 6. The van der Waals surface area contributed by atoms with E-state index in [1.807, 2.05) is 52.3 Å². The number of carbonyl (C=O) groups excluding carboxylic acids is 1. The van der Waals surface area contributed by atoms with Crippen molar-refractivity contribution in [2.24, 2.45) is 15.7 Å². The summed E-state index contributed by atoms with van der Waals surface area (Å²) in [5.41, 5.74) is 7.22. The highest BCUT2D eigenvalue weighted by Gasteiger charge is 2.27. The second-order valence-corrected chi connectivity index (χ2v) is 7.40. The van der Waals surface area contributed by atoms with Crippen molar-refractivity contribution in [1.82, 2.24) is 19.8 Å². The van der Waals surface area contributed by atoms with Gasteiger partial charge in [-0.05, 0) is 16.8 Å². The summed E-state index contributed by atoms with van der Waals surface area (Å²) in [7, 11) is 0. The van der Waals surface area contributed by atoms with Gasteiger partial charge in [-0.25, -0.2) is 14.8 Å². The Morgan fingerprint density at radius 3 is 2.69 bits per heavy atom. The van der Waals surface area contributed by atoms with Gasteiger partial charge in [0.1, 0.15) is 0 Å². The molecule has 0 unspecified atom stereocenters. The first-order chi connectivity index (χ1) is 15.7. The van der Waals surface area contributed by atoms with E-state index < -0.39 is 5.97 Å². The highest BCUT2D eigenvalue weighted by molar-refractivity contribution is 6.16. The van der Waals surface area contributed by atoms with Crippen molar-refractivity contribution < 1.29 is 9.53 Å². The third-order valence-electron chi connectivity index (χ3n) is 5.36. The fraction of sp³-hybridized carbons (Fsp3) is 0.174. The molecule has 0 atom stereocenters. The molecule has 3 aromatic rings. The number of hydrogen-bond donors (Lipinski definition) is 1. The van der Waals surface area contributed by atoms with Crippen LogP contribution in [0.5, 0.6) is 0 Å². The molecule has 9 nitrogen and oxygen atoms in total. The van der Waals surface area contributed by atoms with Crippen LogP contribution in [0.25, 0.3) is 10.8 Å². The number of hydrogen-bond acceptors (Lipinski definition) is 7. The monoisotopic (exact) mass is 427 g/mol. The number of aliphatic imine (C=N–C) groups is 2. The number of rotatable bonds is 3. The Kier molecular flexibility index (Phi) is 5.20. The number of guanidine groups is 1. The summed E-state index contributed by atoms with van der Waals surface area (Å²) in [5, 5.41) is 2.06. The zero-order valence-electron chi connectivity index (χ0n) is 17.3. The average Bonchev–Trinajstić information content (AvgIpc) is 3.19. The zero-order chi connectivity index (χ0) is 21.9. The van der Waals surface area contributed by atoms with Gasteiger partial charge < -0.3 is 20.3 Å². The molecule has 1 fully saturated rings. The van der Waals surface area contributed by atoms with E-state index in [2.05, 4.69) is 20.0 Å². The van der Waals surface area contributed by atoms with Gasteiger partial charge in [-0.2, -0.15) is 4.99 Å². The lowest BCUT2D eigenvalue weighted by Crippen LogP contribution is -2.49. The fourth-order valence-corrected chi connectivity index (χ4v) is 3.72. The summed E-state index contributed by atoms with van der Waals surface area (Å²) in [6.45, 7) is 2.67. The Morgan fingerprint density at radius 1 is 1.06 bits per heavy atom. The minimum Gasteiger partial charge on any atom is -0.402 e. The molecule has 160 valence electrons. The second kappa shape index (κ2) is 8.46. The number of carbonyl (C=O) groups is 1. The van der Waals surface area contributed by atoms with E-state index in [0.717, 1.165) is 16.3 Å². The van der Waals surface area contributed by atoms with Gasteiger partial charge in [0.05, 0.1) is 6.20 Å². The molecule has 1 aromatic heterocycles. The van der Waals surface area contributed by atoms with Crippen molar-refractivity contribution in [3.63, 3.8) is 0 Å². The van der Waals surface area contributed by atoms with Crippen molar-refractivity contribution in [2.75, 3.05) is 26.2 Å². The number of nitrogens with two attached hydrogens (primary N) is 1. The number of ether oxygens (including phenoxy) is 1. The highest BCUT2D eigenvalue weighted by Crippen LogP contribution is 2.24. The highest BCUT2D eigenvalue weighted by atomic mass is 16.6. The van der Waals surface area contributed by atoms with Gasteiger partial charge in [0.25, 0.3) is 0 Å². The van der Waals surface area contributed by atoms with Crippen molar-refractivity contribution >= 4 is 34.4 Å². The molecule has 32 heavy (non-hydrogen) atoms. The van der Waals surface area contributed by atoms with E-state index in [1.54, 1.807) is 24.8 Å². The minimum atomic E-state index is -0.445. The van der Waals surface area contributed by atoms with E-state index in [-0.39, 0.29) is 0 Å². The Morgan fingerprint density at radius 2 is 1.88 bits per heavy atom. The first-order valence-electron chi connectivity index (χ1n) is 10.3. The molecular formula is C23H21N7O2. The molecule has 0 saturated carbocycles. The normalized spacial score (nSPS) is 18.2. The number of cyclic esters (lactones) is 1. The zero-order valence-corrected chi connectivity index (χ0v) is 17.3. The summed E-state index contributed by atoms with van der Waals surface area (Å²) in [5.74, 6) is 0.754. The summed E-state index contributed by atoms with van der Waals surface area (Å²) >= 11 is 0. The molecule has 5 rings (SSSR count). The van der Waals surface area contributed by atoms with Gasteiger partial charge >= 0.3 is 5.97 Å². The SMILES string of the molecule is NC(=Nc1cnccn1)N1CCN(C=C2N=C(c3cccc4ccccc34)OC2=O)CC1. The fourth-order valence-electron chi connectivity index (χ4n) is 3.72. The lowest BCUT2D eigenvalue weighted by molar-refractivity contribution is -0.130. The molecule has 3 heterocycles. The van der Waals surface area contributed by atoms with E-state index in [0.29, 0.717) is 49.6 Å². The number of aromatic nitrogens is 2. The molecule has 0 amide bonds. The van der Waals surface area contributed by atoms with E-state index in [4.69, 9.17) is 10.5 Å². The topological polar surface area (TPSA) is 109 Å². The maximum atomic E-state index is 12.4. The minimum absolute atomic E-state index is 0.294. The van der Waals surface area contributed by atoms with E-state index in [1.165, 1.54) is 0 Å². The summed E-state index contributed by atoms with van der Waals surface area (Å²) in [6.07, 6.45) is 6.48. The first-order valence-corrected chi connectivity index (χ1v) is 10.3. The standard InChI is InChI=1S/C23H21N7O2/c24-23(28-20-14-25-8-9-26-20)30-12-10-29(11-13-30)15-19-22(31)32-21(27-19)18-7-3-5-16-4-1-2-6-17(16)18/h1-9,14-15H,10-13H2,(H2,24,26,28). The smallest absolute Gasteiger partial charge is 0.365 e. The van der Waals surface area contributed by atoms with Gasteiger partial charge in [-0.15, -0.1) is 0 Å². The number of piperazine rings is 1. The van der Waals surface area contributed by atoms with Crippen LogP contribution < -0.4 is 5.73 Å². The predicted molar refractivity (Wildman–Crippen MR) is 121 cm³/mol. The summed E-state index contributed by atoms with van der Waals surface area (Å²) in [6, 6.07) is 13.8. The van der Waals surface area contributed by atoms with Crippen LogP contribution in [0, 0.1) is 0 Å². The third kappa shape index (κ3) is 4.00. The maximum absolute atomic E-state index is 12.4. The average molecular weight is 427 g/mol. The Balaban J connectivity index is 1.29. The van der Waals surface area contributed by atoms with Crippen LogP contribution in [0.15, 0.2) is 82.9 Å². The van der Waals surface area contributed by atoms with Crippen LogP contribution in [0.2, 0.25) is 0 Å². The van der Waals surface area contributed by atoms with Crippen LogP contribution in [0.1, 0.15) is 5.56 Å². The molecule has 2 N–H and O–H groups in total. The predicted octanol–water partition coefficient (Wildman–Crippen LogP) is 2.04. The van der Waals surface area contributed by atoms with Crippen LogP contribution >= 0.6 is 0 Å². The van der Waals surface area contributed by atoms with Crippen LogP contribution in [-0.4, -0.2) is 63.8 Å². The second-order valence-electron chi connectivity index (χ2n) is 7.40. The molecule has 9 heteroatoms. The molecule has 2 aromatic carbocycles. The third-order valence-corrected chi connectivity index (χ3v) is 5.36. The maximum Gasteiger partial charge on any atom is 0.365 e. The van der Waals surface area contributed by atoms with Crippen molar-refractivity contribution in [2.45, 2.75) is 0 Å². The first kappa shape index (κ1) is 19.7. The Hall–Kier alpha value is -4.27. The molecule has 0 spiro atoms. The quantitative estimate of drug-likeness (QED) is 0.295. The molecule has 1 saturated heterocycles. The van der Waals surface area contributed by atoms with Crippen molar-refractivity contribution in [1.29, 1.82) is 0 Å². The van der Waals surface area contributed by atoms with Crippen LogP contribution in [-0.2, 0) is 9.53 Å². The van der Waals surface area contributed by atoms with Crippen LogP contribution in [0.4, 0.5) is 5.82 Å². The summed E-state index contributed by atoms with van der Waals surface area (Å²) in [4.78, 5) is 33.4. The van der Waals surface area contributed by atoms with Gasteiger partial charge in [0, 0.05) is 50.3 Å². The molecule has 0 bridgehead atoms. The van der Waals surface area contributed by atoms with Crippen molar-refractivity contribution in [3.05, 3.63) is 78.5 Å². The molecule has 0 aliphatic carbocycles. The summed E-state index contributed by atoms with van der Waals surface area (Å²) < 4.78 is 5.49. The van der Waals surface area contributed by atoms with Gasteiger partial charge in [0.15, 0.2) is 17.5 Å². The van der Waals surface area contributed by atoms with Gasteiger partial charge in [-0.3, -0.25) is 4.98 Å². The van der Waals surface area contributed by atoms with E-state index in [9.17, 15) is 4.79 Å². The van der Waals surface area contributed by atoms with Gasteiger partial charge in [0.2, 0.25) is 5.90 Å². The van der Waals surface area contributed by atoms with Crippen molar-refractivity contribution in [3.8, 4) is 0 Å². The van der Waals surface area contributed by atoms with Gasteiger partial charge in [-0.1, -0.05) is 36.4 Å².